The summed E-state index contributed by atoms with van der Waals surface area (Å²) < 4.78 is 0. The third kappa shape index (κ3) is 2.92. The molecule has 6 heteroatoms. The number of hydrazone groups is 1. The minimum absolute atomic E-state index is 0.00483. The van der Waals surface area contributed by atoms with E-state index in [9.17, 15) is 10.2 Å². The minimum Gasteiger partial charge on any atom is -0.508 e. The van der Waals surface area contributed by atoms with Gasteiger partial charge < -0.3 is 21.7 Å². The maximum Gasteiger partial charge on any atom is 0.128 e. The van der Waals surface area contributed by atoms with Crippen molar-refractivity contribution < 1.29 is 10.2 Å². The Balaban J connectivity index is 2.22. The highest BCUT2D eigenvalue weighted by molar-refractivity contribution is 6.01. The monoisotopic (exact) mass is 272 g/mol. The number of rotatable bonds is 3. The molecule has 2 aromatic carbocycles. The van der Waals surface area contributed by atoms with Crippen LogP contribution in [-0.4, -0.2) is 15.9 Å². The van der Waals surface area contributed by atoms with Gasteiger partial charge in [-0.05, 0) is 37.3 Å². The standard InChI is InChI=1S/C14H16N4O2/c1-8(11-4-3-10(19)7-14(11)20)17-18-13-5-2-9(15)6-12(13)16/h2-7,18-20H,15-16H2,1H3. The molecular formula is C14H16N4O2. The lowest BCUT2D eigenvalue weighted by molar-refractivity contribution is 0.450. The molecule has 0 aliphatic carbocycles. The van der Waals surface area contributed by atoms with E-state index in [0.717, 1.165) is 0 Å². The Hall–Kier alpha value is -2.89. The third-order valence-electron chi connectivity index (χ3n) is 2.79. The van der Waals surface area contributed by atoms with Crippen molar-refractivity contribution in [2.45, 2.75) is 6.92 Å². The number of nitrogens with zero attached hydrogens (tertiary/aromatic N) is 1. The quantitative estimate of drug-likeness (QED) is 0.333. The van der Waals surface area contributed by atoms with Gasteiger partial charge in [0.25, 0.3) is 0 Å². The highest BCUT2D eigenvalue weighted by Crippen LogP contribution is 2.24. The first-order valence-corrected chi connectivity index (χ1v) is 5.95. The van der Waals surface area contributed by atoms with Gasteiger partial charge in [-0.25, -0.2) is 0 Å². The number of nitrogens with two attached hydrogens (primary N) is 2. The lowest BCUT2D eigenvalue weighted by atomic mass is 10.1. The lowest BCUT2D eigenvalue weighted by Gasteiger charge is -2.08. The van der Waals surface area contributed by atoms with Crippen molar-refractivity contribution in [1.29, 1.82) is 0 Å². The van der Waals surface area contributed by atoms with Gasteiger partial charge >= 0.3 is 0 Å². The van der Waals surface area contributed by atoms with E-state index in [4.69, 9.17) is 11.5 Å². The molecule has 0 amide bonds. The van der Waals surface area contributed by atoms with Crippen LogP contribution in [0.2, 0.25) is 0 Å². The van der Waals surface area contributed by atoms with Gasteiger partial charge in [0.2, 0.25) is 0 Å². The van der Waals surface area contributed by atoms with E-state index in [1.54, 1.807) is 31.2 Å². The van der Waals surface area contributed by atoms with Gasteiger partial charge in [0.05, 0.1) is 17.1 Å². The molecule has 20 heavy (non-hydrogen) atoms. The topological polar surface area (TPSA) is 117 Å². The number of phenols is 2. The summed E-state index contributed by atoms with van der Waals surface area (Å²) in [6.45, 7) is 1.73. The second-order valence-corrected chi connectivity index (χ2v) is 4.36. The second kappa shape index (κ2) is 5.40. The summed E-state index contributed by atoms with van der Waals surface area (Å²) >= 11 is 0. The molecule has 0 spiro atoms. The van der Waals surface area contributed by atoms with E-state index in [1.165, 1.54) is 12.1 Å². The van der Waals surface area contributed by atoms with E-state index >= 15 is 0 Å². The number of nitrogen functional groups attached to an aromatic ring is 2. The fourth-order valence-corrected chi connectivity index (χ4v) is 1.71. The van der Waals surface area contributed by atoms with Crippen LogP contribution >= 0.6 is 0 Å². The van der Waals surface area contributed by atoms with Gasteiger partial charge in [0.15, 0.2) is 0 Å². The molecule has 0 fully saturated rings. The molecule has 0 aliphatic heterocycles. The van der Waals surface area contributed by atoms with Gasteiger partial charge in [-0.2, -0.15) is 5.10 Å². The first kappa shape index (κ1) is 13.5. The number of hydrogen-bond donors (Lipinski definition) is 5. The molecule has 6 nitrogen and oxygen atoms in total. The lowest BCUT2D eigenvalue weighted by Crippen LogP contribution is -2.02. The first-order chi connectivity index (χ1) is 9.47. The van der Waals surface area contributed by atoms with Crippen LogP contribution in [-0.2, 0) is 0 Å². The largest absolute Gasteiger partial charge is 0.508 e. The van der Waals surface area contributed by atoms with Crippen molar-refractivity contribution in [3.8, 4) is 11.5 Å². The molecule has 2 aromatic rings. The molecule has 104 valence electrons. The number of aromatic hydroxyl groups is 2. The molecule has 0 radical (unpaired) electrons. The van der Waals surface area contributed by atoms with Gasteiger partial charge in [0.1, 0.15) is 11.5 Å². The Bertz CT molecular complexity index is 668. The first-order valence-electron chi connectivity index (χ1n) is 5.95. The van der Waals surface area contributed by atoms with Gasteiger partial charge in [-0.3, -0.25) is 5.43 Å². The van der Waals surface area contributed by atoms with Crippen LogP contribution in [0.15, 0.2) is 41.5 Å². The summed E-state index contributed by atoms with van der Waals surface area (Å²) in [5, 5.41) is 23.1. The zero-order chi connectivity index (χ0) is 14.7. The van der Waals surface area contributed by atoms with Crippen LogP contribution in [0, 0.1) is 0 Å². The van der Waals surface area contributed by atoms with Gasteiger partial charge in [-0.15, -0.1) is 0 Å². The van der Waals surface area contributed by atoms with Crippen LogP contribution in [0.25, 0.3) is 0 Å². The molecule has 0 atom stereocenters. The molecule has 0 aromatic heterocycles. The predicted molar refractivity (Wildman–Crippen MR) is 80.9 cm³/mol. The van der Waals surface area contributed by atoms with Crippen molar-refractivity contribution in [3.05, 3.63) is 42.0 Å². The number of phenolic OH excluding ortho intramolecular Hbond substituents is 2. The summed E-state index contributed by atoms with van der Waals surface area (Å²) in [6, 6.07) is 9.38. The SMILES string of the molecule is CC(=NNc1ccc(N)cc1N)c1ccc(O)cc1O. The Morgan fingerprint density at radius 3 is 2.50 bits per heavy atom. The molecule has 0 bridgehead atoms. The molecular weight excluding hydrogens is 256 g/mol. The van der Waals surface area contributed by atoms with Crippen molar-refractivity contribution in [2.24, 2.45) is 5.10 Å². The summed E-state index contributed by atoms with van der Waals surface area (Å²) in [7, 11) is 0. The Labute approximate surface area is 116 Å². The summed E-state index contributed by atoms with van der Waals surface area (Å²) in [6.07, 6.45) is 0. The van der Waals surface area contributed by atoms with E-state index in [-0.39, 0.29) is 11.5 Å². The summed E-state index contributed by atoms with van der Waals surface area (Å²) in [5.41, 5.74) is 17.0. The molecule has 0 unspecified atom stereocenters. The maximum absolute atomic E-state index is 9.74. The average molecular weight is 272 g/mol. The number of anilines is 3. The molecule has 2 rings (SSSR count). The van der Waals surface area contributed by atoms with Crippen LogP contribution < -0.4 is 16.9 Å². The highest BCUT2D eigenvalue weighted by atomic mass is 16.3. The molecule has 7 N–H and O–H groups in total. The highest BCUT2D eigenvalue weighted by Gasteiger charge is 2.06. The Morgan fingerprint density at radius 2 is 1.85 bits per heavy atom. The third-order valence-corrected chi connectivity index (χ3v) is 2.79. The summed E-state index contributed by atoms with van der Waals surface area (Å²) in [5.74, 6) is -0.0480. The van der Waals surface area contributed by atoms with Crippen molar-refractivity contribution in [3.63, 3.8) is 0 Å². The normalized spacial score (nSPS) is 11.3. The van der Waals surface area contributed by atoms with Crippen LogP contribution in [0.4, 0.5) is 17.1 Å². The number of benzene rings is 2. The smallest absolute Gasteiger partial charge is 0.128 e. The van der Waals surface area contributed by atoms with Gasteiger partial charge in [0, 0.05) is 17.3 Å². The van der Waals surface area contributed by atoms with E-state index in [0.29, 0.717) is 28.3 Å². The number of hydrogen-bond acceptors (Lipinski definition) is 6. The Morgan fingerprint density at radius 1 is 1.10 bits per heavy atom. The van der Waals surface area contributed by atoms with Crippen molar-refractivity contribution in [2.75, 3.05) is 16.9 Å². The maximum atomic E-state index is 9.74. The molecule has 0 aliphatic rings. The molecule has 0 saturated carbocycles. The van der Waals surface area contributed by atoms with Crippen molar-refractivity contribution >= 4 is 22.8 Å². The zero-order valence-corrected chi connectivity index (χ0v) is 11.0. The fourth-order valence-electron chi connectivity index (χ4n) is 1.71. The van der Waals surface area contributed by atoms with Crippen LogP contribution in [0.3, 0.4) is 0 Å². The predicted octanol–water partition coefficient (Wildman–Crippen LogP) is 2.10. The minimum atomic E-state index is -0.0432. The molecule has 0 heterocycles. The van der Waals surface area contributed by atoms with Crippen LogP contribution in [0.1, 0.15) is 12.5 Å². The van der Waals surface area contributed by atoms with E-state index in [1.807, 2.05) is 0 Å². The fraction of sp³-hybridized carbons (Fsp3) is 0.0714. The number of nitrogens with one attached hydrogen (secondary N) is 1. The summed E-state index contributed by atoms with van der Waals surface area (Å²) in [4.78, 5) is 0. The van der Waals surface area contributed by atoms with Crippen molar-refractivity contribution in [1.82, 2.24) is 0 Å². The average Bonchev–Trinajstić information content (AvgIpc) is 2.37. The molecule has 0 saturated heterocycles. The van der Waals surface area contributed by atoms with Gasteiger partial charge in [-0.1, -0.05) is 0 Å². The second-order valence-electron chi connectivity index (χ2n) is 4.36. The Kier molecular flexibility index (Phi) is 3.65. The van der Waals surface area contributed by atoms with Crippen LogP contribution in [0.5, 0.6) is 11.5 Å². The van der Waals surface area contributed by atoms with E-state index in [2.05, 4.69) is 10.5 Å². The zero-order valence-electron chi connectivity index (χ0n) is 11.0. The van der Waals surface area contributed by atoms with E-state index < -0.39 is 0 Å².